The van der Waals surface area contributed by atoms with Gasteiger partial charge in [0, 0.05) is 17.3 Å². The van der Waals surface area contributed by atoms with Gasteiger partial charge in [0.1, 0.15) is 11.5 Å². The molecule has 0 spiro atoms. The molecule has 2 rings (SSSR count). The van der Waals surface area contributed by atoms with E-state index in [2.05, 4.69) is 44.8 Å². The maximum Gasteiger partial charge on any atom is 0.131 e. The van der Waals surface area contributed by atoms with Crippen LogP contribution in [0.25, 0.3) is 10.4 Å². The van der Waals surface area contributed by atoms with Gasteiger partial charge in [-0.2, -0.15) is 0 Å². The quantitative estimate of drug-likeness (QED) is 0.328. The van der Waals surface area contributed by atoms with Crippen LogP contribution in [0.2, 0.25) is 0 Å². The molecule has 3 nitrogen and oxygen atoms in total. The molecule has 2 aromatic rings. The number of phenolic OH excluding ortho intramolecular Hbond substituents is 2. The third-order valence-electron chi connectivity index (χ3n) is 4.94. The van der Waals surface area contributed by atoms with Gasteiger partial charge in [-0.3, -0.25) is 4.98 Å². The van der Waals surface area contributed by atoms with E-state index in [0.29, 0.717) is 12.0 Å². The number of allylic oxidation sites excluding steroid dienone is 4. The van der Waals surface area contributed by atoms with Crippen LogP contribution in [0.1, 0.15) is 70.9 Å². The van der Waals surface area contributed by atoms with E-state index in [4.69, 9.17) is 0 Å². The Kier molecular flexibility index (Phi) is 8.78. The molecule has 0 saturated carbocycles. The van der Waals surface area contributed by atoms with Crippen LogP contribution in [0.3, 0.4) is 0 Å². The fourth-order valence-corrected chi connectivity index (χ4v) is 4.00. The molecular weight excluding hydrogens is 366 g/mol. The van der Waals surface area contributed by atoms with Crippen molar-refractivity contribution in [1.82, 2.24) is 4.98 Å². The van der Waals surface area contributed by atoms with Gasteiger partial charge in [-0.05, 0) is 64.5 Å². The highest BCUT2D eigenvalue weighted by atomic mass is 32.1. The third kappa shape index (κ3) is 6.23. The normalized spacial score (nSPS) is 11.6. The molecule has 0 bridgehead atoms. The molecule has 0 fully saturated rings. The first-order chi connectivity index (χ1) is 13.4. The molecule has 152 valence electrons. The lowest BCUT2D eigenvalue weighted by molar-refractivity contribution is 0.441. The highest BCUT2D eigenvalue weighted by Crippen LogP contribution is 2.42. The number of aryl methyl sites for hydroxylation is 1. The van der Waals surface area contributed by atoms with Crippen LogP contribution < -0.4 is 0 Å². The van der Waals surface area contributed by atoms with E-state index >= 15 is 0 Å². The van der Waals surface area contributed by atoms with Crippen LogP contribution in [-0.4, -0.2) is 15.2 Å². The SMILES string of the molecule is CCCCCc1cc(O)c(C/C=C(\C)CCC=C(C)C)c(O)c1-c1cncs1. The molecule has 0 saturated heterocycles. The van der Waals surface area contributed by atoms with Crippen molar-refractivity contribution in [3.63, 3.8) is 0 Å². The molecule has 4 heteroatoms. The summed E-state index contributed by atoms with van der Waals surface area (Å²) in [6.07, 6.45) is 12.9. The molecule has 1 aromatic heterocycles. The summed E-state index contributed by atoms with van der Waals surface area (Å²) < 4.78 is 0. The average Bonchev–Trinajstić information content (AvgIpc) is 3.15. The Morgan fingerprint density at radius 3 is 2.57 bits per heavy atom. The van der Waals surface area contributed by atoms with E-state index in [1.54, 1.807) is 11.7 Å². The summed E-state index contributed by atoms with van der Waals surface area (Å²) in [5, 5.41) is 21.6. The van der Waals surface area contributed by atoms with E-state index in [9.17, 15) is 10.2 Å². The molecule has 0 atom stereocenters. The molecule has 0 unspecified atom stereocenters. The summed E-state index contributed by atoms with van der Waals surface area (Å²) in [6.45, 7) is 8.50. The Morgan fingerprint density at radius 2 is 1.93 bits per heavy atom. The zero-order valence-corrected chi connectivity index (χ0v) is 18.4. The minimum Gasteiger partial charge on any atom is -0.508 e. The fraction of sp³-hybridized carbons (Fsp3) is 0.458. The molecule has 0 radical (unpaired) electrons. The van der Waals surface area contributed by atoms with Crippen LogP contribution in [-0.2, 0) is 12.8 Å². The van der Waals surface area contributed by atoms with Crippen molar-refractivity contribution in [3.8, 4) is 21.9 Å². The van der Waals surface area contributed by atoms with Crippen molar-refractivity contribution in [3.05, 3.63) is 52.2 Å². The van der Waals surface area contributed by atoms with Crippen LogP contribution in [0.5, 0.6) is 11.5 Å². The molecule has 0 aliphatic rings. The standard InChI is InChI=1S/C24H33NO2S/c1-5-6-7-11-19-14-21(26)20(13-12-18(4)10-8-9-17(2)3)24(27)23(19)22-15-25-16-28-22/h9,12,14-16,26-27H,5-8,10-11,13H2,1-4H3/b18-12+. The van der Waals surface area contributed by atoms with Crippen molar-refractivity contribution in [2.45, 2.75) is 72.6 Å². The fourth-order valence-electron chi connectivity index (χ4n) is 3.29. The number of hydrogen-bond donors (Lipinski definition) is 2. The van der Waals surface area contributed by atoms with Crippen LogP contribution >= 0.6 is 11.3 Å². The van der Waals surface area contributed by atoms with Gasteiger partial charge in [0.25, 0.3) is 0 Å². The molecule has 1 heterocycles. The van der Waals surface area contributed by atoms with E-state index in [1.165, 1.54) is 22.5 Å². The van der Waals surface area contributed by atoms with Crippen molar-refractivity contribution >= 4 is 11.3 Å². The minimum atomic E-state index is 0.186. The number of unbranched alkanes of at least 4 members (excludes halogenated alkanes) is 2. The third-order valence-corrected chi connectivity index (χ3v) is 5.73. The zero-order valence-electron chi connectivity index (χ0n) is 17.6. The monoisotopic (exact) mass is 399 g/mol. The Morgan fingerprint density at radius 1 is 1.14 bits per heavy atom. The van der Waals surface area contributed by atoms with Crippen molar-refractivity contribution in [1.29, 1.82) is 0 Å². The van der Waals surface area contributed by atoms with Crippen LogP contribution in [0, 0.1) is 0 Å². The predicted octanol–water partition coefficient (Wildman–Crippen LogP) is 7.19. The number of aromatic nitrogens is 1. The smallest absolute Gasteiger partial charge is 0.131 e. The lowest BCUT2D eigenvalue weighted by Gasteiger charge is -2.15. The maximum absolute atomic E-state index is 11.0. The molecule has 0 amide bonds. The van der Waals surface area contributed by atoms with Gasteiger partial charge < -0.3 is 10.2 Å². The lowest BCUT2D eigenvalue weighted by atomic mass is 9.94. The van der Waals surface area contributed by atoms with Crippen molar-refractivity contribution < 1.29 is 10.2 Å². The van der Waals surface area contributed by atoms with E-state index in [0.717, 1.165) is 54.5 Å². The van der Waals surface area contributed by atoms with Gasteiger partial charge in [-0.15, -0.1) is 11.3 Å². The number of rotatable bonds is 10. The highest BCUT2D eigenvalue weighted by Gasteiger charge is 2.19. The second kappa shape index (κ2) is 11.1. The maximum atomic E-state index is 11.0. The van der Waals surface area contributed by atoms with Gasteiger partial charge in [-0.25, -0.2) is 0 Å². The number of benzene rings is 1. The number of aromatic hydroxyl groups is 2. The summed E-state index contributed by atoms with van der Waals surface area (Å²) in [5.74, 6) is 0.384. The second-order valence-electron chi connectivity index (χ2n) is 7.65. The van der Waals surface area contributed by atoms with E-state index in [1.807, 2.05) is 6.07 Å². The Labute approximate surface area is 173 Å². The average molecular weight is 400 g/mol. The van der Waals surface area contributed by atoms with Gasteiger partial charge in [0.2, 0.25) is 0 Å². The van der Waals surface area contributed by atoms with Crippen LogP contribution in [0.15, 0.2) is 41.1 Å². The van der Waals surface area contributed by atoms with E-state index < -0.39 is 0 Å². The molecule has 0 aliphatic heterocycles. The Balaban J connectivity index is 2.30. The molecule has 0 aliphatic carbocycles. The number of thiazole rings is 1. The van der Waals surface area contributed by atoms with Gasteiger partial charge in [-0.1, -0.05) is 43.1 Å². The summed E-state index contributed by atoms with van der Waals surface area (Å²) in [5.41, 5.74) is 6.82. The topological polar surface area (TPSA) is 53.4 Å². The number of hydrogen-bond acceptors (Lipinski definition) is 4. The molecule has 28 heavy (non-hydrogen) atoms. The zero-order chi connectivity index (χ0) is 20.5. The first kappa shape index (κ1) is 22.2. The van der Waals surface area contributed by atoms with Crippen molar-refractivity contribution in [2.24, 2.45) is 0 Å². The summed E-state index contributed by atoms with van der Waals surface area (Å²) >= 11 is 1.52. The van der Waals surface area contributed by atoms with Gasteiger partial charge in [0.15, 0.2) is 0 Å². The van der Waals surface area contributed by atoms with Crippen LogP contribution in [0.4, 0.5) is 0 Å². The first-order valence-corrected chi connectivity index (χ1v) is 11.1. The van der Waals surface area contributed by atoms with Gasteiger partial charge >= 0.3 is 0 Å². The van der Waals surface area contributed by atoms with Gasteiger partial charge in [0.05, 0.1) is 10.4 Å². The van der Waals surface area contributed by atoms with E-state index in [-0.39, 0.29) is 11.5 Å². The summed E-state index contributed by atoms with van der Waals surface area (Å²) in [4.78, 5) is 5.13. The minimum absolute atomic E-state index is 0.186. The summed E-state index contributed by atoms with van der Waals surface area (Å²) in [7, 11) is 0. The first-order valence-electron chi connectivity index (χ1n) is 10.2. The van der Waals surface area contributed by atoms with Crippen molar-refractivity contribution in [2.75, 3.05) is 0 Å². The highest BCUT2D eigenvalue weighted by molar-refractivity contribution is 7.13. The number of phenols is 2. The lowest BCUT2D eigenvalue weighted by Crippen LogP contribution is -1.96. The second-order valence-corrected chi connectivity index (χ2v) is 8.54. The molecule has 2 N–H and O–H groups in total. The largest absolute Gasteiger partial charge is 0.508 e. The predicted molar refractivity (Wildman–Crippen MR) is 120 cm³/mol. The molecule has 1 aromatic carbocycles. The molecular formula is C24H33NO2S. The summed E-state index contributed by atoms with van der Waals surface area (Å²) in [6, 6.07) is 1.84. The Hall–Kier alpha value is -2.07. The Bertz CT molecular complexity index is 816. The number of nitrogens with zero attached hydrogens (tertiary/aromatic N) is 1.